The van der Waals surface area contributed by atoms with Crippen LogP contribution in [-0.2, 0) is 11.3 Å². The Balaban J connectivity index is 2.06. The molecular formula is C19H23N3O2S. The lowest BCUT2D eigenvalue weighted by Gasteiger charge is -2.07. The van der Waals surface area contributed by atoms with Gasteiger partial charge in [-0.25, -0.2) is 4.98 Å². The molecule has 132 valence electrons. The first kappa shape index (κ1) is 19.2. The fraction of sp³-hybridized carbons (Fsp3) is 0.421. The van der Waals surface area contributed by atoms with Crippen molar-refractivity contribution < 1.29 is 4.74 Å². The van der Waals surface area contributed by atoms with Gasteiger partial charge in [-0.1, -0.05) is 62.2 Å². The van der Waals surface area contributed by atoms with Crippen LogP contribution in [0, 0.1) is 11.3 Å². The van der Waals surface area contributed by atoms with Crippen LogP contribution in [0.3, 0.4) is 0 Å². The maximum absolute atomic E-state index is 12.0. The van der Waals surface area contributed by atoms with Gasteiger partial charge >= 0.3 is 0 Å². The van der Waals surface area contributed by atoms with Crippen molar-refractivity contribution in [2.45, 2.75) is 44.4 Å². The number of nitriles is 1. The molecule has 0 aliphatic rings. The molecule has 0 fully saturated rings. The van der Waals surface area contributed by atoms with E-state index in [2.05, 4.69) is 16.9 Å². The highest BCUT2D eigenvalue weighted by molar-refractivity contribution is 7.98. The molecule has 0 aliphatic carbocycles. The van der Waals surface area contributed by atoms with Crippen molar-refractivity contribution in [3.05, 3.63) is 45.7 Å². The first-order valence-corrected chi connectivity index (χ1v) is 9.67. The van der Waals surface area contributed by atoms with E-state index in [0.29, 0.717) is 17.5 Å². The van der Waals surface area contributed by atoms with Crippen LogP contribution < -0.4 is 5.56 Å². The minimum Gasteiger partial charge on any atom is -0.377 e. The number of nitrogens with zero attached hydrogens (tertiary/aromatic N) is 2. The van der Waals surface area contributed by atoms with E-state index in [0.717, 1.165) is 24.2 Å². The highest BCUT2D eigenvalue weighted by atomic mass is 32.2. The molecule has 25 heavy (non-hydrogen) atoms. The van der Waals surface area contributed by atoms with Crippen molar-refractivity contribution in [1.29, 1.82) is 5.26 Å². The van der Waals surface area contributed by atoms with E-state index in [1.54, 1.807) is 0 Å². The van der Waals surface area contributed by atoms with Gasteiger partial charge in [-0.05, 0) is 18.2 Å². The highest BCUT2D eigenvalue weighted by Gasteiger charge is 2.13. The second-order valence-electron chi connectivity index (χ2n) is 5.72. The number of thioether (sulfide) groups is 1. The first-order valence-electron chi connectivity index (χ1n) is 8.45. The monoisotopic (exact) mass is 357 g/mol. The number of hydrogen-bond donors (Lipinski definition) is 1. The largest absolute Gasteiger partial charge is 0.377 e. The van der Waals surface area contributed by atoms with Gasteiger partial charge < -0.3 is 9.72 Å². The predicted molar refractivity (Wildman–Crippen MR) is 101 cm³/mol. The minimum atomic E-state index is -0.406. The third-order valence-corrected chi connectivity index (χ3v) is 4.42. The molecule has 0 amide bonds. The third-order valence-electron chi connectivity index (χ3n) is 3.84. The Morgan fingerprint density at radius 2 is 2.00 bits per heavy atom. The van der Waals surface area contributed by atoms with Crippen LogP contribution in [0.5, 0.6) is 0 Å². The molecule has 6 heteroatoms. The summed E-state index contributed by atoms with van der Waals surface area (Å²) in [4.78, 5) is 19.0. The maximum Gasteiger partial charge on any atom is 0.270 e. The fourth-order valence-corrected chi connectivity index (χ4v) is 2.82. The van der Waals surface area contributed by atoms with Crippen molar-refractivity contribution in [1.82, 2.24) is 9.97 Å². The SMILES string of the molecule is CCCCCCOCc1ccc(-c2nc(SC)[nH]c(=O)c2C#N)cc1. The molecule has 0 radical (unpaired) electrons. The Labute approximate surface area is 152 Å². The molecular weight excluding hydrogens is 334 g/mol. The zero-order valence-corrected chi connectivity index (χ0v) is 15.5. The number of ether oxygens (including phenoxy) is 1. The lowest BCUT2D eigenvalue weighted by Crippen LogP contribution is -2.14. The normalized spacial score (nSPS) is 10.6. The quantitative estimate of drug-likeness (QED) is 0.415. The van der Waals surface area contributed by atoms with Crippen molar-refractivity contribution in [3.63, 3.8) is 0 Å². The second kappa shape index (κ2) is 10.0. The summed E-state index contributed by atoms with van der Waals surface area (Å²) < 4.78 is 5.69. The Bertz CT molecular complexity index is 779. The van der Waals surface area contributed by atoms with Gasteiger partial charge in [0.15, 0.2) is 5.16 Å². The van der Waals surface area contributed by atoms with Crippen LogP contribution in [0.25, 0.3) is 11.3 Å². The third kappa shape index (κ3) is 5.45. The molecule has 5 nitrogen and oxygen atoms in total. The molecule has 1 heterocycles. The average Bonchev–Trinajstić information content (AvgIpc) is 2.64. The molecule has 0 spiro atoms. The molecule has 2 rings (SSSR count). The summed E-state index contributed by atoms with van der Waals surface area (Å²) in [5.74, 6) is 0. The van der Waals surface area contributed by atoms with Crippen LogP contribution in [0.4, 0.5) is 0 Å². The van der Waals surface area contributed by atoms with Crippen LogP contribution in [0.15, 0.2) is 34.2 Å². The van der Waals surface area contributed by atoms with Gasteiger partial charge in [0.05, 0.1) is 12.3 Å². The van der Waals surface area contributed by atoms with E-state index < -0.39 is 5.56 Å². The minimum absolute atomic E-state index is 0.0396. The lowest BCUT2D eigenvalue weighted by atomic mass is 10.1. The Morgan fingerprint density at radius 1 is 1.24 bits per heavy atom. The molecule has 1 aromatic carbocycles. The summed E-state index contributed by atoms with van der Waals surface area (Å²) in [6, 6.07) is 9.60. The number of benzene rings is 1. The molecule has 1 aromatic heterocycles. The molecule has 0 bridgehead atoms. The van der Waals surface area contributed by atoms with Gasteiger partial charge in [0, 0.05) is 12.2 Å². The van der Waals surface area contributed by atoms with Gasteiger partial charge in [0.2, 0.25) is 0 Å². The Kier molecular flexibility index (Phi) is 7.71. The molecule has 2 aromatic rings. The summed E-state index contributed by atoms with van der Waals surface area (Å²) in [6.07, 6.45) is 6.60. The summed E-state index contributed by atoms with van der Waals surface area (Å²) in [7, 11) is 0. The lowest BCUT2D eigenvalue weighted by molar-refractivity contribution is 0.117. The van der Waals surface area contributed by atoms with Gasteiger partial charge in [-0.15, -0.1) is 0 Å². The van der Waals surface area contributed by atoms with E-state index in [1.165, 1.54) is 31.0 Å². The number of hydrogen-bond acceptors (Lipinski definition) is 5. The summed E-state index contributed by atoms with van der Waals surface area (Å²) in [5, 5.41) is 9.75. The van der Waals surface area contributed by atoms with E-state index in [1.807, 2.05) is 36.6 Å². The van der Waals surface area contributed by atoms with E-state index in [4.69, 9.17) is 4.74 Å². The van der Waals surface area contributed by atoms with Gasteiger partial charge in [-0.3, -0.25) is 4.79 Å². The van der Waals surface area contributed by atoms with Crippen molar-refractivity contribution in [2.75, 3.05) is 12.9 Å². The van der Waals surface area contributed by atoms with Crippen LogP contribution in [0.2, 0.25) is 0 Å². The zero-order valence-electron chi connectivity index (χ0n) is 14.7. The molecule has 0 atom stereocenters. The number of nitrogens with one attached hydrogen (secondary N) is 1. The van der Waals surface area contributed by atoms with E-state index in [9.17, 15) is 10.1 Å². The number of aromatic nitrogens is 2. The number of aromatic amines is 1. The van der Waals surface area contributed by atoms with Gasteiger partial charge in [0.1, 0.15) is 11.6 Å². The summed E-state index contributed by atoms with van der Waals surface area (Å²) in [5.41, 5.74) is 1.87. The molecule has 0 saturated carbocycles. The number of unbranched alkanes of at least 4 members (excludes halogenated alkanes) is 3. The fourth-order valence-electron chi connectivity index (χ4n) is 2.44. The summed E-state index contributed by atoms with van der Waals surface area (Å²) >= 11 is 1.34. The topological polar surface area (TPSA) is 78.8 Å². The Morgan fingerprint density at radius 3 is 2.64 bits per heavy atom. The van der Waals surface area contributed by atoms with E-state index >= 15 is 0 Å². The van der Waals surface area contributed by atoms with Crippen molar-refractivity contribution in [2.24, 2.45) is 0 Å². The van der Waals surface area contributed by atoms with Crippen molar-refractivity contribution >= 4 is 11.8 Å². The van der Waals surface area contributed by atoms with Gasteiger partial charge in [0.25, 0.3) is 5.56 Å². The van der Waals surface area contributed by atoms with Crippen LogP contribution in [0.1, 0.15) is 43.7 Å². The van der Waals surface area contributed by atoms with Crippen LogP contribution in [-0.4, -0.2) is 22.8 Å². The second-order valence-corrected chi connectivity index (χ2v) is 6.52. The van der Waals surface area contributed by atoms with Gasteiger partial charge in [-0.2, -0.15) is 5.26 Å². The molecule has 0 aliphatic heterocycles. The first-order chi connectivity index (χ1) is 12.2. The molecule has 0 unspecified atom stereocenters. The van der Waals surface area contributed by atoms with Crippen molar-refractivity contribution in [3.8, 4) is 17.3 Å². The Hall–Kier alpha value is -2.10. The number of H-pyrrole nitrogens is 1. The standard InChI is InChI=1S/C19H23N3O2S/c1-3-4-5-6-11-24-13-14-7-9-15(10-8-14)17-16(12-20)18(23)22-19(21-17)25-2/h7-10H,3-6,11,13H2,1-2H3,(H,21,22,23). The highest BCUT2D eigenvalue weighted by Crippen LogP contribution is 2.22. The van der Waals surface area contributed by atoms with Crippen LogP contribution >= 0.6 is 11.8 Å². The predicted octanol–water partition coefficient (Wildman–Crippen LogP) is 4.13. The maximum atomic E-state index is 12.0. The average molecular weight is 357 g/mol. The summed E-state index contributed by atoms with van der Waals surface area (Å²) in [6.45, 7) is 3.53. The molecule has 0 saturated heterocycles. The van der Waals surface area contributed by atoms with E-state index in [-0.39, 0.29) is 5.56 Å². The zero-order chi connectivity index (χ0) is 18.1. The molecule has 1 N–H and O–H groups in total. The smallest absolute Gasteiger partial charge is 0.270 e. The number of rotatable bonds is 9.